The first-order chi connectivity index (χ1) is 23.6. The van der Waals surface area contributed by atoms with Gasteiger partial charge in [-0.05, 0) is 32.0 Å². The number of aromatic nitrogens is 2. The van der Waals surface area contributed by atoms with Crippen molar-refractivity contribution in [3.63, 3.8) is 0 Å². The number of nitrogens with zero attached hydrogens (tertiary/aromatic N) is 4. The zero-order chi connectivity index (χ0) is 38.1. The number of benzene rings is 1. The number of oxime groups is 1. The van der Waals surface area contributed by atoms with Crippen molar-refractivity contribution in [1.29, 1.82) is 0 Å². The van der Waals surface area contributed by atoms with Crippen LogP contribution >= 0.6 is 11.3 Å². The number of aliphatic carboxylic acids is 1. The third-order valence-corrected chi connectivity index (χ3v) is 10.00. The number of pyridine rings is 1. The molecule has 1 saturated heterocycles. The number of sulfonamides is 1. The molecule has 3 aromatic rings. The molecular weight excluding hydrogens is 745 g/mol. The maximum Gasteiger partial charge on any atom is 0.362 e. The maximum absolute atomic E-state index is 13.3. The van der Waals surface area contributed by atoms with Crippen LogP contribution in [0.15, 0.2) is 56.8 Å². The molecule has 4 rings (SSSR count). The van der Waals surface area contributed by atoms with Crippen molar-refractivity contribution in [1.82, 2.24) is 29.4 Å². The second-order valence-corrected chi connectivity index (χ2v) is 14.9. The quantitative estimate of drug-likeness (QED) is 0.0284. The second-order valence-electron chi connectivity index (χ2n) is 11.0. The molecule has 22 nitrogen and oxygen atoms in total. The number of hydrogen-bond donors (Lipinski definition) is 8. The van der Waals surface area contributed by atoms with Crippen LogP contribution in [0.2, 0.25) is 0 Å². The van der Waals surface area contributed by atoms with Crippen molar-refractivity contribution < 1.29 is 60.8 Å². The molecule has 2 aromatic heterocycles. The number of nitrogen functional groups attached to an aromatic ring is 1. The molecule has 9 N–H and O–H groups in total. The van der Waals surface area contributed by atoms with E-state index in [2.05, 4.69) is 25.5 Å². The highest BCUT2D eigenvalue weighted by Gasteiger charge is 2.54. The standard InChI is InChI=1S/C26H28N8O14S3/c1-26(2,24(40)41)48-32-19(15-11-49-25(27)30-15)22(38)31-20-16(34(23(20)39)51(45,46)47)9-28-21(37)12-4-3-5-14(6-12)50(43,44)29-8-13-7-17(35)18(36)10-33(13)42/h3-7,10-11,16,20,29,36,42H,8-9H2,1-2H3,(H2,27,30)(H,28,37)(H,31,38)(H,40,41)(H,45,46,47)/t16-,20-/m0/s1. The van der Waals surface area contributed by atoms with Crippen molar-refractivity contribution in [2.45, 2.75) is 43.0 Å². The van der Waals surface area contributed by atoms with E-state index in [9.17, 15) is 60.8 Å². The summed E-state index contributed by atoms with van der Waals surface area (Å²) < 4.78 is 61.8. The Hall–Kier alpha value is -5.63. The summed E-state index contributed by atoms with van der Waals surface area (Å²) in [5.41, 5.74) is 1.44. The first-order valence-electron chi connectivity index (χ1n) is 14.0. The zero-order valence-corrected chi connectivity index (χ0v) is 28.5. The first kappa shape index (κ1) is 38.2. The van der Waals surface area contributed by atoms with Gasteiger partial charge in [-0.2, -0.15) is 13.1 Å². The van der Waals surface area contributed by atoms with Crippen LogP contribution in [-0.2, 0) is 46.1 Å². The molecular formula is C26H28N8O14S3. The van der Waals surface area contributed by atoms with E-state index in [1.165, 1.54) is 17.5 Å². The number of carbonyl (C=O) groups excluding carboxylic acids is 3. The van der Waals surface area contributed by atoms with E-state index in [0.717, 1.165) is 43.4 Å². The van der Waals surface area contributed by atoms with Crippen LogP contribution in [0.4, 0.5) is 5.13 Å². The van der Waals surface area contributed by atoms with Crippen LogP contribution in [0.5, 0.6) is 5.75 Å². The molecule has 51 heavy (non-hydrogen) atoms. The Labute approximate surface area is 291 Å². The molecule has 3 heterocycles. The van der Waals surface area contributed by atoms with Crippen LogP contribution < -0.4 is 26.5 Å². The molecule has 0 spiro atoms. The predicted octanol–water partition coefficient (Wildman–Crippen LogP) is -2.18. The Morgan fingerprint density at radius 2 is 1.84 bits per heavy atom. The fraction of sp³-hybridized carbons (Fsp3) is 0.269. The Morgan fingerprint density at radius 1 is 1.16 bits per heavy atom. The van der Waals surface area contributed by atoms with Crippen LogP contribution in [0.1, 0.15) is 35.6 Å². The molecule has 1 aliphatic heterocycles. The van der Waals surface area contributed by atoms with Crippen LogP contribution in [0.25, 0.3) is 0 Å². The number of thiazole rings is 1. The Balaban J connectivity index is 1.51. The summed E-state index contributed by atoms with van der Waals surface area (Å²) in [5.74, 6) is -5.76. The van der Waals surface area contributed by atoms with Gasteiger partial charge in [-0.3, -0.25) is 23.7 Å². The monoisotopic (exact) mass is 772 g/mol. The van der Waals surface area contributed by atoms with Crippen molar-refractivity contribution in [2.75, 3.05) is 12.3 Å². The van der Waals surface area contributed by atoms with Gasteiger partial charge in [-0.25, -0.2) is 27.2 Å². The van der Waals surface area contributed by atoms with Crippen LogP contribution in [-0.4, -0.2) is 104 Å². The number of carboxylic acid groups (broad SMARTS) is 1. The smallest absolute Gasteiger partial charge is 0.362 e. The molecule has 0 radical (unpaired) electrons. The van der Waals surface area contributed by atoms with Gasteiger partial charge in [0.25, 0.3) is 17.7 Å². The lowest BCUT2D eigenvalue weighted by Gasteiger charge is -2.44. The SMILES string of the molecule is CC(C)(ON=C(C(=O)N[C@@H]1C(=O)N(S(=O)(=O)O)[C@H]1CNC(=O)c1cccc(S(=O)(=O)NCc2cc(=O)c(O)cn2O)c1)c1csc(N)n1)C(=O)O. The maximum atomic E-state index is 13.3. The molecule has 1 fully saturated rings. The molecule has 0 bridgehead atoms. The number of carboxylic acids is 1. The number of amides is 3. The minimum atomic E-state index is -5.22. The third kappa shape index (κ3) is 8.58. The van der Waals surface area contributed by atoms with E-state index in [4.69, 9.17) is 10.6 Å². The molecule has 1 aromatic carbocycles. The summed E-state index contributed by atoms with van der Waals surface area (Å²) in [4.78, 5) is 70.6. The second kappa shape index (κ2) is 14.3. The molecule has 1 aliphatic rings. The minimum Gasteiger partial charge on any atom is -0.503 e. The molecule has 0 unspecified atom stereocenters. The molecule has 0 saturated carbocycles. The van der Waals surface area contributed by atoms with E-state index < -0.39 is 96.6 Å². The van der Waals surface area contributed by atoms with Crippen molar-refractivity contribution in [3.8, 4) is 5.75 Å². The fourth-order valence-electron chi connectivity index (χ4n) is 4.21. The number of rotatable bonds is 14. The number of nitrogens with one attached hydrogen (secondary N) is 3. The van der Waals surface area contributed by atoms with Gasteiger partial charge in [0, 0.05) is 23.6 Å². The van der Waals surface area contributed by atoms with Gasteiger partial charge in [0.1, 0.15) is 11.7 Å². The van der Waals surface area contributed by atoms with Gasteiger partial charge in [0.2, 0.25) is 21.1 Å². The summed E-state index contributed by atoms with van der Waals surface area (Å²) in [5, 5.41) is 37.8. The zero-order valence-electron chi connectivity index (χ0n) is 26.1. The van der Waals surface area contributed by atoms with E-state index >= 15 is 0 Å². The lowest BCUT2D eigenvalue weighted by atomic mass is 9.98. The molecule has 3 amide bonds. The Kier molecular flexibility index (Phi) is 10.7. The highest BCUT2D eigenvalue weighted by molar-refractivity contribution is 7.89. The highest BCUT2D eigenvalue weighted by atomic mass is 32.2. The number of nitrogens with two attached hydrogens (primary N) is 1. The van der Waals surface area contributed by atoms with Gasteiger partial charge in [0.05, 0.1) is 29.4 Å². The highest BCUT2D eigenvalue weighted by Crippen LogP contribution is 2.24. The Morgan fingerprint density at radius 3 is 2.45 bits per heavy atom. The summed E-state index contributed by atoms with van der Waals surface area (Å²) in [7, 11) is -9.61. The average Bonchev–Trinajstić information content (AvgIpc) is 3.47. The molecule has 274 valence electrons. The number of β-lactam (4-membered cyclic amide) rings is 1. The summed E-state index contributed by atoms with van der Waals surface area (Å²) in [6.45, 7) is 0.913. The molecule has 2 atom stereocenters. The first-order valence-corrected chi connectivity index (χ1v) is 17.7. The average molecular weight is 773 g/mol. The van der Waals surface area contributed by atoms with Gasteiger partial charge in [-0.1, -0.05) is 11.2 Å². The third-order valence-electron chi connectivity index (χ3n) is 6.97. The minimum absolute atomic E-state index is 0.0191. The Bertz CT molecular complexity index is 2220. The summed E-state index contributed by atoms with van der Waals surface area (Å²) in [6.07, 6.45) is 0.660. The van der Waals surface area contributed by atoms with E-state index in [-0.39, 0.29) is 26.4 Å². The molecule has 0 aliphatic carbocycles. The van der Waals surface area contributed by atoms with Gasteiger partial charge < -0.3 is 36.6 Å². The topological polar surface area (TPSA) is 339 Å². The van der Waals surface area contributed by atoms with Gasteiger partial charge >= 0.3 is 16.3 Å². The number of anilines is 1. The van der Waals surface area contributed by atoms with Crippen molar-refractivity contribution >= 4 is 66.2 Å². The lowest BCUT2D eigenvalue weighted by molar-refractivity contribution is -0.161. The van der Waals surface area contributed by atoms with Crippen molar-refractivity contribution in [3.05, 3.63) is 69.1 Å². The van der Waals surface area contributed by atoms with Crippen LogP contribution in [0.3, 0.4) is 0 Å². The van der Waals surface area contributed by atoms with Crippen LogP contribution in [0, 0.1) is 0 Å². The summed E-state index contributed by atoms with van der Waals surface area (Å²) >= 11 is 0.875. The number of hydrogen-bond acceptors (Lipinski definition) is 16. The normalized spacial score (nSPS) is 16.6. The van der Waals surface area contributed by atoms with Gasteiger partial charge in [0.15, 0.2) is 16.6 Å². The number of aromatic hydroxyl groups is 1. The van der Waals surface area contributed by atoms with E-state index in [0.29, 0.717) is 10.9 Å². The van der Waals surface area contributed by atoms with Crippen molar-refractivity contribution in [2.24, 2.45) is 5.16 Å². The van der Waals surface area contributed by atoms with E-state index in [1.54, 1.807) is 0 Å². The molecule has 25 heteroatoms. The lowest BCUT2D eigenvalue weighted by Crippen LogP contribution is -2.74. The summed E-state index contributed by atoms with van der Waals surface area (Å²) in [6, 6.07) is 1.84. The number of carbonyl (C=O) groups is 4. The fourth-order valence-corrected chi connectivity index (χ4v) is 6.68. The largest absolute Gasteiger partial charge is 0.503 e. The van der Waals surface area contributed by atoms with E-state index in [1.807, 2.05) is 0 Å². The predicted molar refractivity (Wildman–Crippen MR) is 172 cm³/mol. The van der Waals surface area contributed by atoms with Gasteiger partial charge in [-0.15, -0.1) is 11.3 Å².